The topological polar surface area (TPSA) is 9.23 Å². The van der Waals surface area contributed by atoms with Crippen LogP contribution in [0.1, 0.15) is 124 Å². The summed E-state index contributed by atoms with van der Waals surface area (Å²) in [5.74, 6) is 0.736. The maximum absolute atomic E-state index is 6.36. The lowest BCUT2D eigenvalue weighted by Crippen LogP contribution is -2.39. The van der Waals surface area contributed by atoms with Crippen molar-refractivity contribution in [1.29, 1.82) is 0 Å². The van der Waals surface area contributed by atoms with Crippen molar-refractivity contribution in [2.75, 3.05) is 0 Å². The fraction of sp³-hybridized carbons (Fsp3) is 1.00. The highest BCUT2D eigenvalue weighted by atomic mass is 28.2. The Morgan fingerprint density at radius 3 is 1.52 bits per heavy atom. The molecule has 0 saturated heterocycles. The number of rotatable bonds is 17. The maximum atomic E-state index is 6.36. The highest BCUT2D eigenvalue weighted by Crippen LogP contribution is 2.36. The van der Waals surface area contributed by atoms with Crippen molar-refractivity contribution in [2.24, 2.45) is 5.92 Å². The summed E-state index contributed by atoms with van der Waals surface area (Å²) in [6, 6.07) is 0. The van der Waals surface area contributed by atoms with Crippen LogP contribution in [0.25, 0.3) is 0 Å². The SMILES string of the molecule is CCCCCCC(C)C(CCCCCC)(CCCCCC)O[SiH3]. The molecule has 0 aromatic rings. The minimum Gasteiger partial charge on any atom is -0.422 e. The molecule has 1 nitrogen and oxygen atoms in total. The van der Waals surface area contributed by atoms with Gasteiger partial charge in [-0.3, -0.25) is 0 Å². The molecule has 0 rings (SSSR count). The minimum absolute atomic E-state index is 0.208. The van der Waals surface area contributed by atoms with Gasteiger partial charge in [0, 0.05) is 0 Å². The van der Waals surface area contributed by atoms with Crippen molar-refractivity contribution in [3.8, 4) is 0 Å². The van der Waals surface area contributed by atoms with Crippen molar-refractivity contribution in [1.82, 2.24) is 0 Å². The summed E-state index contributed by atoms with van der Waals surface area (Å²) in [6.07, 6.45) is 20.5. The van der Waals surface area contributed by atoms with Crippen molar-refractivity contribution < 1.29 is 4.43 Å². The van der Waals surface area contributed by atoms with Crippen molar-refractivity contribution in [3.05, 3.63) is 0 Å². The van der Waals surface area contributed by atoms with Gasteiger partial charge in [-0.05, 0) is 25.2 Å². The normalized spacial score (nSPS) is 13.6. The van der Waals surface area contributed by atoms with Gasteiger partial charge in [0.2, 0.25) is 0 Å². The molecule has 1 unspecified atom stereocenters. The van der Waals surface area contributed by atoms with Crippen LogP contribution < -0.4 is 0 Å². The van der Waals surface area contributed by atoms with E-state index in [4.69, 9.17) is 4.43 Å². The van der Waals surface area contributed by atoms with Crippen LogP contribution in [-0.4, -0.2) is 16.1 Å². The molecule has 0 bridgehead atoms. The molecule has 1 atom stereocenters. The first-order valence-electron chi connectivity index (χ1n) is 10.7. The number of hydrogen-bond acceptors (Lipinski definition) is 1. The maximum Gasteiger partial charge on any atom is 0.146 e. The number of hydrogen-bond donors (Lipinski definition) is 0. The summed E-state index contributed by atoms with van der Waals surface area (Å²) in [7, 11) is 0.893. The predicted molar refractivity (Wildman–Crippen MR) is 109 cm³/mol. The molecule has 0 aromatic heterocycles. The summed E-state index contributed by atoms with van der Waals surface area (Å²) >= 11 is 0. The van der Waals surface area contributed by atoms with E-state index in [1.807, 2.05) is 0 Å². The molecule has 0 spiro atoms. The van der Waals surface area contributed by atoms with Crippen LogP contribution in [0, 0.1) is 5.92 Å². The fourth-order valence-electron chi connectivity index (χ4n) is 3.87. The lowest BCUT2D eigenvalue weighted by molar-refractivity contribution is -0.00325. The molecule has 0 saturated carbocycles. The van der Waals surface area contributed by atoms with Gasteiger partial charge in [-0.1, -0.05) is 105 Å². The van der Waals surface area contributed by atoms with E-state index in [0.29, 0.717) is 0 Å². The van der Waals surface area contributed by atoms with Crippen LogP contribution in [-0.2, 0) is 4.43 Å². The molecule has 0 N–H and O–H groups in total. The molecule has 0 aliphatic heterocycles. The van der Waals surface area contributed by atoms with Gasteiger partial charge in [0.25, 0.3) is 0 Å². The zero-order valence-corrected chi connectivity index (χ0v) is 19.1. The van der Waals surface area contributed by atoms with Gasteiger partial charge in [-0.15, -0.1) is 0 Å². The summed E-state index contributed by atoms with van der Waals surface area (Å²) in [4.78, 5) is 0. The predicted octanol–water partition coefficient (Wildman–Crippen LogP) is 6.57. The van der Waals surface area contributed by atoms with Gasteiger partial charge in [0.05, 0.1) is 5.60 Å². The van der Waals surface area contributed by atoms with E-state index in [1.54, 1.807) is 0 Å². The van der Waals surface area contributed by atoms with Crippen molar-refractivity contribution >= 4 is 10.5 Å². The molecule has 0 amide bonds. The highest BCUT2D eigenvalue weighted by Gasteiger charge is 2.34. The molecule has 0 radical (unpaired) electrons. The fourth-order valence-corrected chi connectivity index (χ4v) is 4.68. The smallest absolute Gasteiger partial charge is 0.146 e. The zero-order valence-electron chi connectivity index (χ0n) is 17.1. The first-order valence-corrected chi connectivity index (χ1v) is 11.5. The van der Waals surface area contributed by atoms with E-state index in [0.717, 1.165) is 16.4 Å². The summed E-state index contributed by atoms with van der Waals surface area (Å²) < 4.78 is 6.36. The second-order valence-corrected chi connectivity index (χ2v) is 8.05. The Bertz CT molecular complexity index is 230. The largest absolute Gasteiger partial charge is 0.422 e. The van der Waals surface area contributed by atoms with Crippen LogP contribution in [0.2, 0.25) is 0 Å². The molecule has 0 aliphatic rings. The summed E-state index contributed by atoms with van der Waals surface area (Å²) in [5, 5.41) is 0. The van der Waals surface area contributed by atoms with Gasteiger partial charge in [0.15, 0.2) is 0 Å². The molecular weight excluding hydrogens is 296 g/mol. The quantitative estimate of drug-likeness (QED) is 0.214. The Morgan fingerprint density at radius 1 is 0.696 bits per heavy atom. The third-order valence-corrected chi connectivity index (χ3v) is 6.52. The molecular formula is C21H46OSi. The Hall–Kier alpha value is 0.177. The van der Waals surface area contributed by atoms with Gasteiger partial charge in [-0.25, -0.2) is 0 Å². The first-order chi connectivity index (χ1) is 11.2. The Kier molecular flexibility index (Phi) is 15.8. The summed E-state index contributed by atoms with van der Waals surface area (Å²) in [5.41, 5.74) is 0.208. The molecule has 0 heterocycles. The Morgan fingerprint density at radius 2 is 1.13 bits per heavy atom. The Balaban J connectivity index is 4.50. The Labute approximate surface area is 150 Å². The lowest BCUT2D eigenvalue weighted by Gasteiger charge is -2.40. The van der Waals surface area contributed by atoms with Crippen LogP contribution in [0.4, 0.5) is 0 Å². The van der Waals surface area contributed by atoms with E-state index in [9.17, 15) is 0 Å². The van der Waals surface area contributed by atoms with E-state index in [-0.39, 0.29) is 5.60 Å². The molecule has 0 aromatic carbocycles. The lowest BCUT2D eigenvalue weighted by atomic mass is 9.77. The second-order valence-electron chi connectivity index (χ2n) is 7.64. The van der Waals surface area contributed by atoms with Gasteiger partial charge in [0.1, 0.15) is 10.5 Å². The van der Waals surface area contributed by atoms with Crippen LogP contribution in [0.3, 0.4) is 0 Å². The minimum atomic E-state index is 0.208. The van der Waals surface area contributed by atoms with Gasteiger partial charge >= 0.3 is 0 Å². The standard InChI is InChI=1S/C21H46OSi/c1-5-8-11-14-17-20(4)21(22-23,18-15-12-9-6-2)19-16-13-10-7-3/h20H,5-19H2,1-4,23H3. The first kappa shape index (κ1) is 23.2. The van der Waals surface area contributed by atoms with E-state index < -0.39 is 0 Å². The molecule has 0 aliphatic carbocycles. The zero-order chi connectivity index (χ0) is 17.4. The van der Waals surface area contributed by atoms with Crippen LogP contribution >= 0.6 is 0 Å². The monoisotopic (exact) mass is 342 g/mol. The third kappa shape index (κ3) is 10.6. The van der Waals surface area contributed by atoms with Crippen molar-refractivity contribution in [3.63, 3.8) is 0 Å². The summed E-state index contributed by atoms with van der Waals surface area (Å²) in [6.45, 7) is 9.38. The molecule has 23 heavy (non-hydrogen) atoms. The average Bonchev–Trinajstić information content (AvgIpc) is 2.57. The molecule has 0 fully saturated rings. The third-order valence-electron chi connectivity index (χ3n) is 5.70. The molecule has 140 valence electrons. The molecule has 2 heteroatoms. The van der Waals surface area contributed by atoms with Gasteiger partial charge in [-0.2, -0.15) is 0 Å². The van der Waals surface area contributed by atoms with Gasteiger partial charge < -0.3 is 4.43 Å². The van der Waals surface area contributed by atoms with Crippen molar-refractivity contribution in [2.45, 2.75) is 130 Å². The highest BCUT2D eigenvalue weighted by molar-refractivity contribution is 5.98. The van der Waals surface area contributed by atoms with E-state index >= 15 is 0 Å². The van der Waals surface area contributed by atoms with Crippen LogP contribution in [0.5, 0.6) is 0 Å². The second kappa shape index (κ2) is 15.7. The van der Waals surface area contributed by atoms with Crippen LogP contribution in [0.15, 0.2) is 0 Å². The number of unbranched alkanes of at least 4 members (excludes halogenated alkanes) is 9. The van der Waals surface area contributed by atoms with E-state index in [2.05, 4.69) is 27.7 Å². The van der Waals surface area contributed by atoms with E-state index in [1.165, 1.54) is 96.3 Å². The average molecular weight is 343 g/mol.